The van der Waals surface area contributed by atoms with E-state index in [-0.39, 0.29) is 49.1 Å². The van der Waals surface area contributed by atoms with Crippen LogP contribution in [0.2, 0.25) is 0 Å². The zero-order valence-electron chi connectivity index (χ0n) is 13.7. The standard InChI is InChI=1S/C15H27NO6/c1-9-10(2)14(16-11(3)18)15(20-7-5-6-17)22-13(9)8-21-12(4)19/h9-10,13-15,17H,5-8H2,1-4H3,(H,16,18)/t9-,10+,13-,14-,15?/m1/s1. The van der Waals surface area contributed by atoms with E-state index in [9.17, 15) is 9.59 Å². The van der Waals surface area contributed by atoms with E-state index >= 15 is 0 Å². The molecule has 0 aromatic heterocycles. The minimum atomic E-state index is -0.623. The summed E-state index contributed by atoms with van der Waals surface area (Å²) >= 11 is 0. The Bertz CT molecular complexity index is 373. The monoisotopic (exact) mass is 317 g/mol. The normalized spacial score (nSPS) is 31.6. The van der Waals surface area contributed by atoms with Crippen molar-refractivity contribution < 1.29 is 28.9 Å². The van der Waals surface area contributed by atoms with E-state index in [0.29, 0.717) is 13.0 Å². The van der Waals surface area contributed by atoms with Gasteiger partial charge in [-0.1, -0.05) is 13.8 Å². The van der Waals surface area contributed by atoms with Crippen molar-refractivity contribution in [2.45, 2.75) is 52.6 Å². The van der Waals surface area contributed by atoms with Gasteiger partial charge in [0.05, 0.1) is 18.8 Å². The summed E-state index contributed by atoms with van der Waals surface area (Å²) in [5.74, 6) is -0.321. The first-order valence-corrected chi connectivity index (χ1v) is 7.65. The van der Waals surface area contributed by atoms with Crippen molar-refractivity contribution >= 4 is 11.9 Å². The molecule has 1 fully saturated rings. The van der Waals surface area contributed by atoms with Crippen molar-refractivity contribution in [3.8, 4) is 0 Å². The van der Waals surface area contributed by atoms with Crippen LogP contribution in [0, 0.1) is 11.8 Å². The van der Waals surface area contributed by atoms with Crippen LogP contribution in [0.25, 0.3) is 0 Å². The molecule has 0 saturated carbocycles. The SMILES string of the molecule is CC(=O)N[C@H]1C(OCCCO)O[C@H](COC(C)=O)[C@H](C)[C@@H]1C. The Morgan fingerprint density at radius 3 is 2.45 bits per heavy atom. The van der Waals surface area contributed by atoms with Crippen molar-refractivity contribution in [2.24, 2.45) is 11.8 Å². The molecule has 1 heterocycles. The molecule has 22 heavy (non-hydrogen) atoms. The van der Waals surface area contributed by atoms with Gasteiger partial charge in [0.15, 0.2) is 6.29 Å². The van der Waals surface area contributed by atoms with Crippen molar-refractivity contribution in [3.63, 3.8) is 0 Å². The second kappa shape index (κ2) is 9.07. The molecule has 0 aliphatic carbocycles. The summed E-state index contributed by atoms with van der Waals surface area (Å²) in [4.78, 5) is 22.4. The quantitative estimate of drug-likeness (QED) is 0.523. The molecule has 0 spiro atoms. The average molecular weight is 317 g/mol. The van der Waals surface area contributed by atoms with Gasteiger partial charge in [-0.25, -0.2) is 0 Å². The van der Waals surface area contributed by atoms with E-state index in [4.69, 9.17) is 19.3 Å². The number of rotatable bonds is 7. The van der Waals surface area contributed by atoms with Gasteiger partial charge in [-0.05, 0) is 18.3 Å². The van der Waals surface area contributed by atoms with E-state index in [1.807, 2.05) is 13.8 Å². The predicted octanol–water partition coefficient (Wildman–Crippen LogP) is 0.450. The molecule has 1 aliphatic heterocycles. The molecule has 0 aromatic rings. The molecule has 0 radical (unpaired) electrons. The number of nitrogens with one attached hydrogen (secondary N) is 1. The van der Waals surface area contributed by atoms with Crippen LogP contribution in [0.15, 0.2) is 0 Å². The van der Waals surface area contributed by atoms with Crippen LogP contribution >= 0.6 is 0 Å². The number of hydrogen-bond acceptors (Lipinski definition) is 6. The van der Waals surface area contributed by atoms with Crippen LogP contribution in [0.4, 0.5) is 0 Å². The van der Waals surface area contributed by atoms with Crippen molar-refractivity contribution in [2.75, 3.05) is 19.8 Å². The summed E-state index contributed by atoms with van der Waals surface area (Å²) in [5, 5.41) is 11.7. The van der Waals surface area contributed by atoms with E-state index in [1.54, 1.807) is 0 Å². The lowest BCUT2D eigenvalue weighted by molar-refractivity contribution is -0.244. The Kier molecular flexibility index (Phi) is 7.78. The summed E-state index contributed by atoms with van der Waals surface area (Å²) in [7, 11) is 0. The molecule has 2 N–H and O–H groups in total. The Morgan fingerprint density at radius 1 is 1.23 bits per heavy atom. The van der Waals surface area contributed by atoms with Gasteiger partial charge in [0.1, 0.15) is 6.61 Å². The Morgan fingerprint density at radius 2 is 1.91 bits per heavy atom. The van der Waals surface area contributed by atoms with Gasteiger partial charge in [-0.2, -0.15) is 0 Å². The number of esters is 1. The van der Waals surface area contributed by atoms with Crippen LogP contribution in [-0.4, -0.2) is 55.2 Å². The predicted molar refractivity (Wildman–Crippen MR) is 78.9 cm³/mol. The second-order valence-corrected chi connectivity index (χ2v) is 5.74. The number of amides is 1. The maximum absolute atomic E-state index is 11.4. The third-order valence-corrected chi connectivity index (χ3v) is 3.99. The first-order chi connectivity index (χ1) is 10.4. The first-order valence-electron chi connectivity index (χ1n) is 7.65. The smallest absolute Gasteiger partial charge is 0.302 e. The van der Waals surface area contributed by atoms with Crippen LogP contribution in [0.1, 0.15) is 34.1 Å². The minimum absolute atomic E-state index is 0.0281. The summed E-state index contributed by atoms with van der Waals surface area (Å²) in [5.41, 5.74) is 0. The van der Waals surface area contributed by atoms with Gasteiger partial charge in [0.25, 0.3) is 0 Å². The maximum Gasteiger partial charge on any atom is 0.302 e. The highest BCUT2D eigenvalue weighted by molar-refractivity contribution is 5.73. The van der Waals surface area contributed by atoms with E-state index in [2.05, 4.69) is 5.32 Å². The molecule has 1 unspecified atom stereocenters. The van der Waals surface area contributed by atoms with E-state index < -0.39 is 6.29 Å². The number of ether oxygens (including phenoxy) is 3. The molecule has 5 atom stereocenters. The Labute approximate surface area is 131 Å². The lowest BCUT2D eigenvalue weighted by Crippen LogP contribution is -2.58. The number of carbonyl (C=O) groups excluding carboxylic acids is 2. The van der Waals surface area contributed by atoms with Crippen LogP contribution in [0.3, 0.4) is 0 Å². The molecule has 0 aromatic carbocycles. The number of carbonyl (C=O) groups is 2. The van der Waals surface area contributed by atoms with Gasteiger partial charge in [0.2, 0.25) is 5.91 Å². The van der Waals surface area contributed by atoms with Crippen LogP contribution in [-0.2, 0) is 23.8 Å². The summed E-state index contributed by atoms with van der Waals surface area (Å²) in [6.45, 7) is 7.33. The number of hydrogen-bond donors (Lipinski definition) is 2. The molecule has 7 heteroatoms. The highest BCUT2D eigenvalue weighted by Gasteiger charge is 2.42. The molecular formula is C15H27NO6. The summed E-state index contributed by atoms with van der Waals surface area (Å²) in [6, 6.07) is -0.278. The summed E-state index contributed by atoms with van der Waals surface area (Å²) in [6.07, 6.45) is -0.421. The molecular weight excluding hydrogens is 290 g/mol. The number of aliphatic hydroxyl groups is 1. The lowest BCUT2D eigenvalue weighted by Gasteiger charge is -2.44. The maximum atomic E-state index is 11.4. The Hall–Kier alpha value is -1.18. The van der Waals surface area contributed by atoms with Gasteiger partial charge < -0.3 is 24.6 Å². The fraction of sp³-hybridized carbons (Fsp3) is 0.867. The molecule has 0 bridgehead atoms. The van der Waals surface area contributed by atoms with Gasteiger partial charge in [-0.3, -0.25) is 9.59 Å². The fourth-order valence-electron chi connectivity index (χ4n) is 2.53. The molecule has 1 rings (SSSR count). The van der Waals surface area contributed by atoms with Crippen LogP contribution in [0.5, 0.6) is 0 Å². The van der Waals surface area contributed by atoms with Gasteiger partial charge in [0, 0.05) is 20.5 Å². The van der Waals surface area contributed by atoms with E-state index in [0.717, 1.165) is 0 Å². The van der Waals surface area contributed by atoms with Gasteiger partial charge >= 0.3 is 5.97 Å². The molecule has 128 valence electrons. The second-order valence-electron chi connectivity index (χ2n) is 5.74. The molecule has 1 amide bonds. The highest BCUT2D eigenvalue weighted by Crippen LogP contribution is 2.31. The van der Waals surface area contributed by atoms with Crippen LogP contribution < -0.4 is 5.32 Å². The highest BCUT2D eigenvalue weighted by atomic mass is 16.7. The average Bonchev–Trinajstić information content (AvgIpc) is 2.44. The Balaban J connectivity index is 2.75. The fourth-order valence-corrected chi connectivity index (χ4v) is 2.53. The molecule has 1 saturated heterocycles. The van der Waals surface area contributed by atoms with Crippen molar-refractivity contribution in [1.82, 2.24) is 5.32 Å². The zero-order chi connectivity index (χ0) is 16.7. The molecule has 1 aliphatic rings. The third kappa shape index (κ3) is 5.55. The third-order valence-electron chi connectivity index (χ3n) is 3.99. The largest absolute Gasteiger partial charge is 0.463 e. The number of aliphatic hydroxyl groups excluding tert-OH is 1. The topological polar surface area (TPSA) is 94.1 Å². The van der Waals surface area contributed by atoms with Gasteiger partial charge in [-0.15, -0.1) is 0 Å². The van der Waals surface area contributed by atoms with Crippen molar-refractivity contribution in [1.29, 1.82) is 0 Å². The van der Waals surface area contributed by atoms with Crippen molar-refractivity contribution in [3.05, 3.63) is 0 Å². The first kappa shape index (κ1) is 18.9. The van der Waals surface area contributed by atoms with E-state index in [1.165, 1.54) is 13.8 Å². The lowest BCUT2D eigenvalue weighted by atomic mass is 9.82. The minimum Gasteiger partial charge on any atom is -0.463 e. The summed E-state index contributed by atoms with van der Waals surface area (Å²) < 4.78 is 16.6. The molecule has 7 nitrogen and oxygen atoms in total. The zero-order valence-corrected chi connectivity index (χ0v) is 13.7.